The van der Waals surface area contributed by atoms with Gasteiger partial charge >= 0.3 is 0 Å². The lowest BCUT2D eigenvalue weighted by atomic mass is 10.1. The van der Waals surface area contributed by atoms with E-state index < -0.39 is 0 Å². The summed E-state index contributed by atoms with van der Waals surface area (Å²) >= 11 is 3.50. The number of amides is 1. The van der Waals surface area contributed by atoms with Gasteiger partial charge in [0.05, 0.1) is 0 Å². The van der Waals surface area contributed by atoms with Crippen LogP contribution in [0.2, 0.25) is 0 Å². The van der Waals surface area contributed by atoms with Gasteiger partial charge in [-0.3, -0.25) is 4.79 Å². The maximum absolute atomic E-state index is 12.9. The first-order valence-corrected chi connectivity index (χ1v) is 7.55. The second-order valence-corrected chi connectivity index (χ2v) is 6.12. The van der Waals surface area contributed by atoms with Crippen LogP contribution >= 0.6 is 15.9 Å². The average molecular weight is 330 g/mol. The van der Waals surface area contributed by atoms with Crippen molar-refractivity contribution in [2.24, 2.45) is 0 Å². The Kier molecular flexibility index (Phi) is 3.38. The van der Waals surface area contributed by atoms with Crippen molar-refractivity contribution in [1.29, 1.82) is 0 Å². The van der Waals surface area contributed by atoms with Crippen molar-refractivity contribution >= 4 is 27.5 Å². The number of hydrogen-bond acceptors (Lipinski definition) is 1. The zero-order chi connectivity index (χ0) is 14.3. The van der Waals surface area contributed by atoms with Crippen LogP contribution in [0.3, 0.4) is 0 Å². The van der Waals surface area contributed by atoms with Crippen molar-refractivity contribution in [2.45, 2.75) is 26.3 Å². The molecule has 1 aliphatic heterocycles. The molecule has 0 spiro atoms. The fourth-order valence-electron chi connectivity index (χ4n) is 2.84. The Morgan fingerprint density at radius 2 is 1.95 bits per heavy atom. The quantitative estimate of drug-likeness (QED) is 0.761. The van der Waals surface area contributed by atoms with Crippen LogP contribution in [0.15, 0.2) is 46.9 Å². The van der Waals surface area contributed by atoms with Crippen molar-refractivity contribution in [3.63, 3.8) is 0 Å². The van der Waals surface area contributed by atoms with Gasteiger partial charge in [-0.15, -0.1) is 0 Å². The number of carbonyl (C=O) groups is 1. The number of anilines is 1. The van der Waals surface area contributed by atoms with Gasteiger partial charge < -0.3 is 4.90 Å². The summed E-state index contributed by atoms with van der Waals surface area (Å²) in [4.78, 5) is 14.8. The molecule has 0 saturated heterocycles. The number of carbonyl (C=O) groups excluding carboxylic acids is 1. The molecule has 0 aromatic heterocycles. The van der Waals surface area contributed by atoms with Gasteiger partial charge in [-0.25, -0.2) is 0 Å². The number of hydrogen-bond donors (Lipinski definition) is 0. The minimum Gasteiger partial charge on any atom is -0.305 e. The summed E-state index contributed by atoms with van der Waals surface area (Å²) in [6, 6.07) is 14.1. The smallest absolute Gasteiger partial charge is 0.258 e. The molecule has 1 atom stereocenters. The minimum atomic E-state index is 0.0845. The highest BCUT2D eigenvalue weighted by Crippen LogP contribution is 2.34. The lowest BCUT2D eigenvalue weighted by molar-refractivity contribution is 0.0981. The molecule has 2 aromatic carbocycles. The van der Waals surface area contributed by atoms with Gasteiger partial charge in [-0.1, -0.05) is 40.2 Å². The highest BCUT2D eigenvalue weighted by atomic mass is 79.9. The number of fused-ring (bicyclic) bond motifs is 1. The molecule has 3 heteroatoms. The Morgan fingerprint density at radius 3 is 2.75 bits per heavy atom. The molecule has 0 N–H and O–H groups in total. The lowest BCUT2D eigenvalue weighted by Gasteiger charge is -2.23. The molecule has 3 rings (SSSR count). The first kappa shape index (κ1) is 13.4. The summed E-state index contributed by atoms with van der Waals surface area (Å²) in [6.45, 7) is 4.08. The first-order valence-electron chi connectivity index (χ1n) is 6.76. The van der Waals surface area contributed by atoms with Crippen LogP contribution in [0, 0.1) is 6.92 Å². The molecule has 0 saturated carbocycles. The lowest BCUT2D eigenvalue weighted by Crippen LogP contribution is -2.36. The van der Waals surface area contributed by atoms with E-state index in [4.69, 9.17) is 0 Å². The number of nitrogens with zero attached hydrogens (tertiary/aromatic N) is 1. The third-order valence-corrected chi connectivity index (χ3v) is 4.78. The van der Waals surface area contributed by atoms with E-state index in [0.717, 1.165) is 27.7 Å². The van der Waals surface area contributed by atoms with Crippen molar-refractivity contribution < 1.29 is 4.79 Å². The summed E-state index contributed by atoms with van der Waals surface area (Å²) in [5.41, 5.74) is 4.06. The Balaban J connectivity index is 2.05. The zero-order valence-corrected chi connectivity index (χ0v) is 13.1. The van der Waals surface area contributed by atoms with E-state index in [1.165, 1.54) is 5.56 Å². The van der Waals surface area contributed by atoms with E-state index in [2.05, 4.69) is 28.9 Å². The maximum Gasteiger partial charge on any atom is 0.258 e. The molecule has 0 fully saturated rings. The first-order chi connectivity index (χ1) is 9.59. The molecule has 2 aromatic rings. The van der Waals surface area contributed by atoms with Gasteiger partial charge in [0.2, 0.25) is 0 Å². The summed E-state index contributed by atoms with van der Waals surface area (Å²) < 4.78 is 0.975. The fourth-order valence-corrected chi connectivity index (χ4v) is 3.21. The molecule has 102 valence electrons. The Hall–Kier alpha value is -1.61. The van der Waals surface area contributed by atoms with Gasteiger partial charge in [0.25, 0.3) is 5.91 Å². The third kappa shape index (κ3) is 2.06. The van der Waals surface area contributed by atoms with Crippen molar-refractivity contribution in [3.05, 3.63) is 63.6 Å². The molecule has 0 aliphatic carbocycles. The molecule has 1 amide bonds. The van der Waals surface area contributed by atoms with E-state index in [0.29, 0.717) is 0 Å². The molecule has 1 heterocycles. The number of rotatable bonds is 1. The molecule has 20 heavy (non-hydrogen) atoms. The molecular weight excluding hydrogens is 314 g/mol. The predicted molar refractivity (Wildman–Crippen MR) is 85.3 cm³/mol. The summed E-state index contributed by atoms with van der Waals surface area (Å²) in [6.07, 6.45) is 0.926. The van der Waals surface area contributed by atoms with E-state index in [9.17, 15) is 4.79 Å². The zero-order valence-electron chi connectivity index (χ0n) is 11.6. The van der Waals surface area contributed by atoms with Crippen LogP contribution in [0.1, 0.15) is 28.4 Å². The fraction of sp³-hybridized carbons (Fsp3) is 0.235. The molecule has 2 nitrogen and oxygen atoms in total. The molecule has 0 radical (unpaired) electrons. The summed E-state index contributed by atoms with van der Waals surface area (Å²) in [7, 11) is 0. The largest absolute Gasteiger partial charge is 0.305 e. The van der Waals surface area contributed by atoms with Gasteiger partial charge in [0.15, 0.2) is 0 Å². The van der Waals surface area contributed by atoms with E-state index in [-0.39, 0.29) is 11.9 Å². The predicted octanol–water partition coefficient (Wildman–Crippen LogP) is 4.35. The van der Waals surface area contributed by atoms with E-state index >= 15 is 0 Å². The highest BCUT2D eigenvalue weighted by molar-refractivity contribution is 9.10. The summed E-state index contributed by atoms with van der Waals surface area (Å²) in [5.74, 6) is 0.0845. The van der Waals surface area contributed by atoms with Gasteiger partial charge in [-0.05, 0) is 49.6 Å². The Labute approximate surface area is 127 Å². The van der Waals surface area contributed by atoms with E-state index in [1.54, 1.807) is 0 Å². The van der Waals surface area contributed by atoms with Crippen LogP contribution in [0.4, 0.5) is 5.69 Å². The molecule has 0 bridgehead atoms. The average Bonchev–Trinajstić information content (AvgIpc) is 2.77. The second-order valence-electron chi connectivity index (χ2n) is 5.27. The topological polar surface area (TPSA) is 20.3 Å². The molecule has 1 aliphatic rings. The van der Waals surface area contributed by atoms with E-state index in [1.807, 2.05) is 48.2 Å². The standard InChI is InChI=1S/C17H16BrNO/c1-11-10-13-6-3-4-9-16(13)19(11)17(20)14-7-5-8-15(18)12(14)2/h3-9,11H,10H2,1-2H3. The second kappa shape index (κ2) is 5.06. The van der Waals surface area contributed by atoms with Crippen LogP contribution < -0.4 is 4.90 Å². The SMILES string of the molecule is Cc1c(Br)cccc1C(=O)N1c2ccccc2CC1C. The van der Waals surface area contributed by atoms with Crippen molar-refractivity contribution in [3.8, 4) is 0 Å². The highest BCUT2D eigenvalue weighted by Gasteiger charge is 2.31. The Morgan fingerprint density at radius 1 is 1.20 bits per heavy atom. The Bertz CT molecular complexity index is 680. The molecule has 1 unspecified atom stereocenters. The number of para-hydroxylation sites is 1. The monoisotopic (exact) mass is 329 g/mol. The van der Waals surface area contributed by atoms with Crippen molar-refractivity contribution in [1.82, 2.24) is 0 Å². The van der Waals surface area contributed by atoms with Crippen LogP contribution in [-0.2, 0) is 6.42 Å². The third-order valence-electron chi connectivity index (χ3n) is 3.92. The molecular formula is C17H16BrNO. The van der Waals surface area contributed by atoms with Crippen LogP contribution in [-0.4, -0.2) is 11.9 Å². The van der Waals surface area contributed by atoms with Gasteiger partial charge in [0.1, 0.15) is 0 Å². The summed E-state index contributed by atoms with van der Waals surface area (Å²) in [5, 5.41) is 0. The van der Waals surface area contributed by atoms with Crippen molar-refractivity contribution in [2.75, 3.05) is 4.90 Å². The van der Waals surface area contributed by atoms with Crippen LogP contribution in [0.25, 0.3) is 0 Å². The minimum absolute atomic E-state index is 0.0845. The van der Waals surface area contributed by atoms with Gasteiger partial charge in [0, 0.05) is 21.8 Å². The maximum atomic E-state index is 12.9. The van der Waals surface area contributed by atoms with Crippen LogP contribution in [0.5, 0.6) is 0 Å². The normalized spacial score (nSPS) is 17.1. The van der Waals surface area contributed by atoms with Gasteiger partial charge in [-0.2, -0.15) is 0 Å². The number of benzene rings is 2. The number of halogens is 1.